The highest BCUT2D eigenvalue weighted by Gasteiger charge is 2.15. The molecule has 0 saturated carbocycles. The van der Waals surface area contributed by atoms with Gasteiger partial charge in [-0.1, -0.05) is 23.8 Å². The Balaban J connectivity index is 0.000000845. The normalized spacial score (nSPS) is 20.3. The number of hydrogen-bond acceptors (Lipinski definition) is 1. The van der Waals surface area contributed by atoms with Gasteiger partial charge in [0.1, 0.15) is 0 Å². The maximum Gasteiger partial charge on any atom is 0.0297 e. The first-order valence-electron chi connectivity index (χ1n) is 4.62. The van der Waals surface area contributed by atoms with E-state index in [1.165, 1.54) is 29.5 Å². The Morgan fingerprint density at radius 1 is 1.38 bits per heavy atom. The fraction of sp³-hybridized carbons (Fsp3) is 0.455. The number of rotatable bonds is 0. The molecule has 0 aromatic heterocycles. The van der Waals surface area contributed by atoms with Crippen molar-refractivity contribution >= 4 is 12.4 Å². The summed E-state index contributed by atoms with van der Waals surface area (Å²) < 4.78 is 0. The second-order valence-electron chi connectivity index (χ2n) is 3.70. The number of nitrogens with two attached hydrogens (primary N) is 1. The molecule has 2 rings (SSSR count). The zero-order valence-corrected chi connectivity index (χ0v) is 8.73. The van der Waals surface area contributed by atoms with Crippen LogP contribution in [0.4, 0.5) is 0 Å². The van der Waals surface area contributed by atoms with Crippen molar-refractivity contribution in [2.75, 3.05) is 0 Å². The summed E-state index contributed by atoms with van der Waals surface area (Å²) in [7, 11) is 0. The number of hydrogen-bond donors (Lipinski definition) is 1. The van der Waals surface area contributed by atoms with Crippen molar-refractivity contribution in [3.8, 4) is 0 Å². The predicted molar refractivity (Wildman–Crippen MR) is 58.3 cm³/mol. The molecule has 0 unspecified atom stereocenters. The Kier molecular flexibility index (Phi) is 3.34. The highest BCUT2D eigenvalue weighted by Crippen LogP contribution is 2.28. The van der Waals surface area contributed by atoms with Gasteiger partial charge >= 0.3 is 0 Å². The second kappa shape index (κ2) is 4.12. The summed E-state index contributed by atoms with van der Waals surface area (Å²) >= 11 is 0. The van der Waals surface area contributed by atoms with Gasteiger partial charge in [0.05, 0.1) is 0 Å². The summed E-state index contributed by atoms with van der Waals surface area (Å²) in [5, 5.41) is 0. The smallest absolute Gasteiger partial charge is 0.0297 e. The molecule has 72 valence electrons. The molecule has 1 aliphatic carbocycles. The maximum absolute atomic E-state index is 6.02. The number of benzene rings is 1. The topological polar surface area (TPSA) is 26.0 Å². The van der Waals surface area contributed by atoms with Crippen molar-refractivity contribution in [2.24, 2.45) is 5.73 Å². The van der Waals surface area contributed by atoms with Gasteiger partial charge in [-0.15, -0.1) is 12.4 Å². The van der Waals surface area contributed by atoms with E-state index in [2.05, 4.69) is 25.1 Å². The van der Waals surface area contributed by atoms with Crippen molar-refractivity contribution in [2.45, 2.75) is 32.2 Å². The number of halogens is 1. The Hall–Kier alpha value is -0.530. The first-order valence-corrected chi connectivity index (χ1v) is 4.62. The van der Waals surface area contributed by atoms with Crippen molar-refractivity contribution < 1.29 is 0 Å². The third-order valence-corrected chi connectivity index (χ3v) is 2.66. The first kappa shape index (κ1) is 10.6. The molecule has 1 atom stereocenters. The summed E-state index contributed by atoms with van der Waals surface area (Å²) in [6.45, 7) is 2.13. The molecule has 0 radical (unpaired) electrons. The van der Waals surface area contributed by atoms with Crippen LogP contribution in [0.5, 0.6) is 0 Å². The van der Waals surface area contributed by atoms with Crippen LogP contribution in [-0.4, -0.2) is 0 Å². The van der Waals surface area contributed by atoms with E-state index >= 15 is 0 Å². The largest absolute Gasteiger partial charge is 0.324 e. The van der Waals surface area contributed by atoms with E-state index < -0.39 is 0 Å². The van der Waals surface area contributed by atoms with Gasteiger partial charge in [-0.05, 0) is 37.3 Å². The van der Waals surface area contributed by atoms with Gasteiger partial charge in [0.2, 0.25) is 0 Å². The van der Waals surface area contributed by atoms with Crippen molar-refractivity contribution in [3.05, 3.63) is 34.9 Å². The summed E-state index contributed by atoms with van der Waals surface area (Å²) in [4.78, 5) is 0. The summed E-state index contributed by atoms with van der Waals surface area (Å²) in [5.74, 6) is 0. The van der Waals surface area contributed by atoms with Crippen LogP contribution < -0.4 is 5.73 Å². The fourth-order valence-electron chi connectivity index (χ4n) is 1.96. The molecule has 1 nitrogen and oxygen atoms in total. The zero-order chi connectivity index (χ0) is 8.55. The van der Waals surface area contributed by atoms with Crippen molar-refractivity contribution in [3.63, 3.8) is 0 Å². The van der Waals surface area contributed by atoms with E-state index in [0.717, 1.165) is 6.42 Å². The molecule has 2 N–H and O–H groups in total. The lowest BCUT2D eigenvalue weighted by molar-refractivity contribution is 0.570. The van der Waals surface area contributed by atoms with Crippen molar-refractivity contribution in [1.29, 1.82) is 0 Å². The molecule has 0 aliphatic heterocycles. The minimum Gasteiger partial charge on any atom is -0.324 e. The van der Waals surface area contributed by atoms with E-state index in [1.807, 2.05) is 0 Å². The van der Waals surface area contributed by atoms with Crippen LogP contribution in [0.3, 0.4) is 0 Å². The van der Waals surface area contributed by atoms with Crippen LogP contribution in [0.25, 0.3) is 0 Å². The molecule has 1 aromatic carbocycles. The van der Waals surface area contributed by atoms with Gasteiger partial charge in [0, 0.05) is 6.04 Å². The lowest BCUT2D eigenvalue weighted by Crippen LogP contribution is -2.17. The molecule has 0 bridgehead atoms. The summed E-state index contributed by atoms with van der Waals surface area (Å²) in [6.07, 6.45) is 3.61. The monoisotopic (exact) mass is 197 g/mol. The molecule has 0 saturated heterocycles. The van der Waals surface area contributed by atoms with E-state index in [9.17, 15) is 0 Å². The molecular formula is C11H16ClN. The SMILES string of the molecule is Cc1ccc2c(c1)[C@@H](N)CCC2.Cl. The van der Waals surface area contributed by atoms with Gasteiger partial charge in [0.15, 0.2) is 0 Å². The minimum atomic E-state index is 0. The van der Waals surface area contributed by atoms with E-state index in [4.69, 9.17) is 5.73 Å². The first-order chi connectivity index (χ1) is 5.77. The van der Waals surface area contributed by atoms with Crippen molar-refractivity contribution in [1.82, 2.24) is 0 Å². The lowest BCUT2D eigenvalue weighted by Gasteiger charge is -2.22. The molecule has 0 fully saturated rings. The standard InChI is InChI=1S/C11H15N.ClH/c1-8-5-6-9-3-2-4-11(12)10(9)7-8;/h5-7,11H,2-4,12H2,1H3;1H/t11-;/m0./s1. The zero-order valence-electron chi connectivity index (χ0n) is 7.92. The Bertz CT molecular complexity index is 296. The van der Waals surface area contributed by atoms with Gasteiger partial charge in [-0.25, -0.2) is 0 Å². The molecule has 2 heteroatoms. The highest BCUT2D eigenvalue weighted by molar-refractivity contribution is 5.85. The second-order valence-corrected chi connectivity index (χ2v) is 3.70. The van der Waals surface area contributed by atoms with Crippen LogP contribution >= 0.6 is 12.4 Å². The average molecular weight is 198 g/mol. The lowest BCUT2D eigenvalue weighted by atomic mass is 9.87. The Morgan fingerprint density at radius 3 is 2.92 bits per heavy atom. The van der Waals surface area contributed by atoms with E-state index in [-0.39, 0.29) is 18.4 Å². The molecule has 1 aromatic rings. The Labute approximate surface area is 85.7 Å². The third kappa shape index (κ3) is 2.04. The molecule has 13 heavy (non-hydrogen) atoms. The minimum absolute atomic E-state index is 0. The van der Waals surface area contributed by atoms with Crippen LogP contribution in [0.2, 0.25) is 0 Å². The molecule has 1 aliphatic rings. The van der Waals surface area contributed by atoms with Crippen LogP contribution in [0.1, 0.15) is 35.6 Å². The summed E-state index contributed by atoms with van der Waals surface area (Å²) in [6, 6.07) is 6.92. The number of aryl methyl sites for hydroxylation is 2. The molecule has 0 spiro atoms. The quantitative estimate of drug-likeness (QED) is 0.680. The molecule has 0 heterocycles. The highest BCUT2D eigenvalue weighted by atomic mass is 35.5. The molecule has 0 amide bonds. The Morgan fingerprint density at radius 2 is 2.15 bits per heavy atom. The third-order valence-electron chi connectivity index (χ3n) is 2.66. The van der Waals surface area contributed by atoms with Gasteiger partial charge < -0.3 is 5.73 Å². The van der Waals surface area contributed by atoms with Crippen LogP contribution in [0, 0.1) is 6.92 Å². The van der Waals surface area contributed by atoms with Gasteiger partial charge in [-0.3, -0.25) is 0 Å². The van der Waals surface area contributed by atoms with Crippen LogP contribution in [0.15, 0.2) is 18.2 Å². The van der Waals surface area contributed by atoms with E-state index in [1.54, 1.807) is 0 Å². The van der Waals surface area contributed by atoms with Gasteiger partial charge in [0.25, 0.3) is 0 Å². The molecular weight excluding hydrogens is 182 g/mol. The van der Waals surface area contributed by atoms with E-state index in [0.29, 0.717) is 0 Å². The maximum atomic E-state index is 6.02. The number of fused-ring (bicyclic) bond motifs is 1. The fourth-order valence-corrected chi connectivity index (χ4v) is 1.96. The average Bonchev–Trinajstić information content (AvgIpc) is 2.07. The predicted octanol–water partition coefficient (Wildman–Crippen LogP) is 2.75. The summed E-state index contributed by atoms with van der Waals surface area (Å²) in [5.41, 5.74) is 10.2. The van der Waals surface area contributed by atoms with Crippen LogP contribution in [-0.2, 0) is 6.42 Å². The van der Waals surface area contributed by atoms with Gasteiger partial charge in [-0.2, -0.15) is 0 Å².